The van der Waals surface area contributed by atoms with Gasteiger partial charge in [-0.1, -0.05) is 5.16 Å². The van der Waals surface area contributed by atoms with Crippen molar-refractivity contribution in [3.05, 3.63) is 30.0 Å². The molecule has 8 nitrogen and oxygen atoms in total. The molecule has 0 aliphatic carbocycles. The predicted molar refractivity (Wildman–Crippen MR) is 89.9 cm³/mol. The van der Waals surface area contributed by atoms with Gasteiger partial charge in [0.2, 0.25) is 11.8 Å². The van der Waals surface area contributed by atoms with Crippen molar-refractivity contribution in [2.45, 2.75) is 13.3 Å². The highest BCUT2D eigenvalue weighted by atomic mass is 16.5. The second-order valence-electron chi connectivity index (χ2n) is 5.76. The zero-order valence-electron chi connectivity index (χ0n) is 14.2. The summed E-state index contributed by atoms with van der Waals surface area (Å²) in [4.78, 5) is 26.3. The number of hydrogen-bond acceptors (Lipinski definition) is 6. The van der Waals surface area contributed by atoms with Crippen LogP contribution in [0.5, 0.6) is 11.5 Å². The molecule has 1 aromatic heterocycles. The minimum absolute atomic E-state index is 0.122. The molecular weight excluding hydrogens is 326 g/mol. The van der Waals surface area contributed by atoms with Gasteiger partial charge in [0.25, 0.3) is 0 Å². The molecule has 8 heteroatoms. The van der Waals surface area contributed by atoms with Gasteiger partial charge in [0.15, 0.2) is 17.3 Å². The van der Waals surface area contributed by atoms with E-state index in [9.17, 15) is 9.59 Å². The van der Waals surface area contributed by atoms with Crippen LogP contribution in [-0.4, -0.2) is 37.7 Å². The zero-order chi connectivity index (χ0) is 18.0. The molecule has 0 bridgehead atoms. The number of benzene rings is 1. The molecule has 3 rings (SSSR count). The minimum Gasteiger partial charge on any atom is -0.493 e. The Morgan fingerprint density at radius 3 is 2.68 bits per heavy atom. The van der Waals surface area contributed by atoms with Gasteiger partial charge in [0.1, 0.15) is 5.76 Å². The van der Waals surface area contributed by atoms with E-state index in [0.29, 0.717) is 28.8 Å². The Hall–Kier alpha value is -3.03. The van der Waals surface area contributed by atoms with Crippen LogP contribution in [0.25, 0.3) is 0 Å². The fourth-order valence-electron chi connectivity index (χ4n) is 2.78. The lowest BCUT2D eigenvalue weighted by Gasteiger charge is -2.18. The van der Waals surface area contributed by atoms with Crippen molar-refractivity contribution in [1.29, 1.82) is 0 Å². The molecule has 1 aliphatic heterocycles. The number of nitrogens with one attached hydrogen (secondary N) is 1. The highest BCUT2D eigenvalue weighted by molar-refractivity contribution is 6.03. The summed E-state index contributed by atoms with van der Waals surface area (Å²) in [5.41, 5.74) is 0.662. The summed E-state index contributed by atoms with van der Waals surface area (Å²) in [6, 6.07) is 6.84. The van der Waals surface area contributed by atoms with Crippen molar-refractivity contribution in [2.24, 2.45) is 5.92 Å². The molecule has 0 saturated carbocycles. The van der Waals surface area contributed by atoms with E-state index < -0.39 is 5.92 Å². The molecular formula is C17H19N3O5. The van der Waals surface area contributed by atoms with Crippen LogP contribution < -0.4 is 19.7 Å². The maximum atomic E-state index is 12.4. The summed E-state index contributed by atoms with van der Waals surface area (Å²) in [6.45, 7) is 2.03. The van der Waals surface area contributed by atoms with Crippen LogP contribution >= 0.6 is 0 Å². The third-order valence-electron chi connectivity index (χ3n) is 4.05. The summed E-state index contributed by atoms with van der Waals surface area (Å²) in [5, 5.41) is 6.40. The first-order chi connectivity index (χ1) is 12.0. The lowest BCUT2D eigenvalue weighted by Crippen LogP contribution is -2.28. The molecule has 2 amide bonds. The molecule has 0 unspecified atom stereocenters. The molecule has 1 fully saturated rings. The lowest BCUT2D eigenvalue weighted by molar-refractivity contribution is -0.122. The molecule has 0 spiro atoms. The van der Waals surface area contributed by atoms with Crippen LogP contribution in [0.15, 0.2) is 28.8 Å². The maximum Gasteiger partial charge on any atom is 0.231 e. The Bertz CT molecular complexity index is 801. The van der Waals surface area contributed by atoms with Gasteiger partial charge in [0.05, 0.1) is 20.1 Å². The number of amides is 2. The molecule has 2 heterocycles. The highest BCUT2D eigenvalue weighted by Gasteiger charge is 2.35. The van der Waals surface area contributed by atoms with Crippen molar-refractivity contribution in [1.82, 2.24) is 5.16 Å². The normalized spacial score (nSPS) is 16.8. The number of aromatic nitrogens is 1. The van der Waals surface area contributed by atoms with Crippen LogP contribution in [0, 0.1) is 12.8 Å². The first kappa shape index (κ1) is 16.8. The summed E-state index contributed by atoms with van der Waals surface area (Å²) >= 11 is 0. The third kappa shape index (κ3) is 3.42. The molecule has 1 aromatic carbocycles. The first-order valence-corrected chi connectivity index (χ1v) is 7.78. The Balaban J connectivity index is 1.73. The lowest BCUT2D eigenvalue weighted by atomic mass is 10.1. The fourth-order valence-corrected chi connectivity index (χ4v) is 2.78. The molecule has 1 aliphatic rings. The van der Waals surface area contributed by atoms with E-state index in [1.54, 1.807) is 43.2 Å². The Kier molecular flexibility index (Phi) is 4.60. The van der Waals surface area contributed by atoms with E-state index in [0.717, 1.165) is 0 Å². The van der Waals surface area contributed by atoms with Gasteiger partial charge in [0, 0.05) is 30.8 Å². The second-order valence-corrected chi connectivity index (χ2v) is 5.76. The summed E-state index contributed by atoms with van der Waals surface area (Å²) < 4.78 is 15.4. The minimum atomic E-state index is -0.461. The zero-order valence-corrected chi connectivity index (χ0v) is 14.2. The van der Waals surface area contributed by atoms with Crippen LogP contribution in [0.2, 0.25) is 0 Å². The van der Waals surface area contributed by atoms with Crippen LogP contribution in [0.3, 0.4) is 0 Å². The molecule has 1 atom stereocenters. The number of anilines is 2. The van der Waals surface area contributed by atoms with Crippen LogP contribution in [0.4, 0.5) is 11.5 Å². The third-order valence-corrected chi connectivity index (χ3v) is 4.05. The number of nitrogens with zero attached hydrogens (tertiary/aromatic N) is 2. The van der Waals surface area contributed by atoms with E-state index in [-0.39, 0.29) is 24.8 Å². The monoisotopic (exact) mass is 345 g/mol. The maximum absolute atomic E-state index is 12.4. The average molecular weight is 345 g/mol. The fraction of sp³-hybridized carbons (Fsp3) is 0.353. The number of rotatable bonds is 5. The van der Waals surface area contributed by atoms with Crippen molar-refractivity contribution < 1.29 is 23.6 Å². The van der Waals surface area contributed by atoms with Gasteiger partial charge in [-0.25, -0.2) is 0 Å². The summed E-state index contributed by atoms with van der Waals surface area (Å²) in [7, 11) is 3.08. The molecule has 0 radical (unpaired) electrons. The molecule has 1 saturated heterocycles. The predicted octanol–water partition coefficient (Wildman–Crippen LogP) is 1.99. The number of aryl methyl sites for hydroxylation is 1. The van der Waals surface area contributed by atoms with Gasteiger partial charge >= 0.3 is 0 Å². The second kappa shape index (κ2) is 6.84. The standard InChI is InChI=1S/C17H19N3O5/c1-10-6-15(19-25-10)18-17(22)11-7-16(21)20(9-11)12-4-5-13(23-2)14(8-12)24-3/h4-6,8,11H,7,9H2,1-3H3,(H,18,19,22)/t11-/m1/s1. The summed E-state index contributed by atoms with van der Waals surface area (Å²) in [5.74, 6) is 1.21. The van der Waals surface area contributed by atoms with Crippen molar-refractivity contribution in [3.8, 4) is 11.5 Å². The number of hydrogen-bond donors (Lipinski definition) is 1. The quantitative estimate of drug-likeness (QED) is 0.891. The Morgan fingerprint density at radius 1 is 1.28 bits per heavy atom. The van der Waals surface area contributed by atoms with Gasteiger partial charge in [-0.2, -0.15) is 0 Å². The van der Waals surface area contributed by atoms with E-state index >= 15 is 0 Å². The topological polar surface area (TPSA) is 93.9 Å². The van der Waals surface area contributed by atoms with E-state index in [1.807, 2.05) is 0 Å². The number of ether oxygens (including phenoxy) is 2. The van der Waals surface area contributed by atoms with Gasteiger partial charge in [-0.15, -0.1) is 0 Å². The molecule has 1 N–H and O–H groups in total. The van der Waals surface area contributed by atoms with E-state index in [4.69, 9.17) is 14.0 Å². The number of methoxy groups -OCH3 is 2. The van der Waals surface area contributed by atoms with E-state index in [1.165, 1.54) is 7.11 Å². The van der Waals surface area contributed by atoms with E-state index in [2.05, 4.69) is 10.5 Å². The highest BCUT2D eigenvalue weighted by Crippen LogP contribution is 2.34. The number of carbonyl (C=O) groups is 2. The van der Waals surface area contributed by atoms with Gasteiger partial charge < -0.3 is 24.2 Å². The summed E-state index contributed by atoms with van der Waals surface area (Å²) in [6.07, 6.45) is 0.136. The van der Waals surface area contributed by atoms with Crippen molar-refractivity contribution >= 4 is 23.3 Å². The SMILES string of the molecule is COc1ccc(N2C[C@H](C(=O)Nc3cc(C)on3)CC2=O)cc1OC. The smallest absolute Gasteiger partial charge is 0.231 e. The molecule has 25 heavy (non-hydrogen) atoms. The molecule has 2 aromatic rings. The molecule has 132 valence electrons. The van der Waals surface area contributed by atoms with Crippen molar-refractivity contribution in [2.75, 3.05) is 31.0 Å². The Morgan fingerprint density at radius 2 is 2.04 bits per heavy atom. The average Bonchev–Trinajstić information content (AvgIpc) is 3.19. The van der Waals surface area contributed by atoms with Crippen molar-refractivity contribution in [3.63, 3.8) is 0 Å². The first-order valence-electron chi connectivity index (χ1n) is 7.78. The Labute approximate surface area is 144 Å². The number of carbonyl (C=O) groups excluding carboxylic acids is 2. The van der Waals surface area contributed by atoms with Crippen LogP contribution in [-0.2, 0) is 9.59 Å². The largest absolute Gasteiger partial charge is 0.493 e. The van der Waals surface area contributed by atoms with Gasteiger partial charge in [-0.05, 0) is 19.1 Å². The van der Waals surface area contributed by atoms with Crippen LogP contribution in [0.1, 0.15) is 12.2 Å². The van der Waals surface area contributed by atoms with Gasteiger partial charge in [-0.3, -0.25) is 9.59 Å².